The van der Waals surface area contributed by atoms with E-state index < -0.39 is 29.8 Å². The van der Waals surface area contributed by atoms with Gasteiger partial charge in [-0.2, -0.15) is 0 Å². The van der Waals surface area contributed by atoms with Gasteiger partial charge in [-0.1, -0.05) is 0 Å². The summed E-state index contributed by atoms with van der Waals surface area (Å²) in [6, 6.07) is 1.89. The van der Waals surface area contributed by atoms with Crippen molar-refractivity contribution in [1.82, 2.24) is 10.3 Å². The molecule has 0 fully saturated rings. The van der Waals surface area contributed by atoms with Gasteiger partial charge in [0.05, 0.1) is 5.69 Å². The maximum atomic E-state index is 11.7. The topological polar surface area (TPSA) is 124 Å². The summed E-state index contributed by atoms with van der Waals surface area (Å²) in [5, 5.41) is 11.5. The summed E-state index contributed by atoms with van der Waals surface area (Å²) >= 11 is 0. The Hall–Kier alpha value is -2.51. The standard InChI is InChI=1S/C14H21N3O5/c1-8(21-11-9(15)6-5-7-16-11)10(12(18)19)17-13(20)22-14(2,3)4/h5-8,10H,15H2,1-4H3,(H,17,20)(H,18,19). The molecule has 4 N–H and O–H groups in total. The summed E-state index contributed by atoms with van der Waals surface area (Å²) in [5.74, 6) is -1.15. The van der Waals surface area contributed by atoms with Crippen molar-refractivity contribution in [2.75, 3.05) is 5.73 Å². The molecule has 1 aromatic rings. The molecule has 22 heavy (non-hydrogen) atoms. The van der Waals surface area contributed by atoms with Crippen molar-refractivity contribution in [2.45, 2.75) is 45.4 Å². The van der Waals surface area contributed by atoms with Crippen LogP contribution in [0, 0.1) is 0 Å². The molecule has 0 bridgehead atoms. The first-order valence-corrected chi connectivity index (χ1v) is 6.69. The highest BCUT2D eigenvalue weighted by Gasteiger charge is 2.30. The number of nitrogens with one attached hydrogen (secondary N) is 1. The number of anilines is 1. The quantitative estimate of drug-likeness (QED) is 0.751. The molecule has 0 radical (unpaired) electrons. The lowest BCUT2D eigenvalue weighted by Crippen LogP contribution is -2.51. The van der Waals surface area contributed by atoms with E-state index in [0.29, 0.717) is 0 Å². The number of carbonyl (C=O) groups is 2. The number of amides is 1. The van der Waals surface area contributed by atoms with E-state index in [1.165, 1.54) is 13.1 Å². The van der Waals surface area contributed by atoms with Crippen molar-refractivity contribution in [1.29, 1.82) is 0 Å². The Bertz CT molecular complexity index is 542. The van der Waals surface area contributed by atoms with Gasteiger partial charge in [-0.3, -0.25) is 0 Å². The molecular formula is C14H21N3O5. The molecule has 0 spiro atoms. The van der Waals surface area contributed by atoms with E-state index in [0.717, 1.165) is 0 Å². The van der Waals surface area contributed by atoms with Crippen LogP contribution in [0.15, 0.2) is 18.3 Å². The number of hydrogen-bond acceptors (Lipinski definition) is 6. The van der Waals surface area contributed by atoms with Crippen molar-refractivity contribution in [2.24, 2.45) is 0 Å². The van der Waals surface area contributed by atoms with Gasteiger partial charge in [0.1, 0.15) is 11.7 Å². The maximum absolute atomic E-state index is 11.7. The average Bonchev–Trinajstić information content (AvgIpc) is 2.36. The third-order valence-corrected chi connectivity index (χ3v) is 2.51. The largest absolute Gasteiger partial charge is 0.480 e. The van der Waals surface area contributed by atoms with E-state index in [4.69, 9.17) is 15.2 Å². The normalized spacial score (nSPS) is 13.8. The lowest BCUT2D eigenvalue weighted by Gasteiger charge is -2.25. The SMILES string of the molecule is CC(Oc1ncccc1N)C(NC(=O)OC(C)(C)C)C(=O)O. The highest BCUT2D eigenvalue weighted by atomic mass is 16.6. The Balaban J connectivity index is 2.76. The van der Waals surface area contributed by atoms with Crippen LogP contribution in [0.5, 0.6) is 5.88 Å². The lowest BCUT2D eigenvalue weighted by atomic mass is 10.2. The predicted molar refractivity (Wildman–Crippen MR) is 79.5 cm³/mol. The number of aromatic nitrogens is 1. The van der Waals surface area contributed by atoms with Crippen LogP contribution in [-0.4, -0.2) is 39.9 Å². The van der Waals surface area contributed by atoms with Crippen molar-refractivity contribution in [3.8, 4) is 5.88 Å². The monoisotopic (exact) mass is 311 g/mol. The number of nitrogens with zero attached hydrogens (tertiary/aromatic N) is 1. The zero-order valence-electron chi connectivity index (χ0n) is 13.0. The van der Waals surface area contributed by atoms with Crippen molar-refractivity contribution in [3.63, 3.8) is 0 Å². The fourth-order valence-corrected chi connectivity index (χ4v) is 1.56. The summed E-state index contributed by atoms with van der Waals surface area (Å²) in [6.45, 7) is 6.52. The second kappa shape index (κ2) is 6.97. The Kier molecular flexibility index (Phi) is 5.56. The molecule has 0 aliphatic carbocycles. The molecule has 2 atom stereocenters. The summed E-state index contributed by atoms with van der Waals surface area (Å²) in [6.07, 6.45) is -0.276. The minimum Gasteiger partial charge on any atom is -0.480 e. The molecule has 1 rings (SSSR count). The van der Waals surface area contributed by atoms with Crippen molar-refractivity contribution in [3.05, 3.63) is 18.3 Å². The molecule has 1 amide bonds. The molecule has 1 aromatic heterocycles. The van der Waals surface area contributed by atoms with Gasteiger partial charge < -0.3 is 25.6 Å². The number of nitrogens with two attached hydrogens (primary N) is 1. The van der Waals surface area contributed by atoms with E-state index in [-0.39, 0.29) is 11.6 Å². The van der Waals surface area contributed by atoms with Crippen molar-refractivity contribution < 1.29 is 24.2 Å². The number of carboxylic acids is 1. The highest BCUT2D eigenvalue weighted by Crippen LogP contribution is 2.18. The summed E-state index contributed by atoms with van der Waals surface area (Å²) in [5.41, 5.74) is 5.22. The number of carbonyl (C=O) groups excluding carboxylic acids is 1. The second-order valence-corrected chi connectivity index (χ2v) is 5.68. The van der Waals surface area contributed by atoms with Gasteiger partial charge in [-0.05, 0) is 39.8 Å². The minimum atomic E-state index is -1.31. The molecule has 1 heterocycles. The first kappa shape index (κ1) is 17.5. The molecular weight excluding hydrogens is 290 g/mol. The van der Waals surface area contributed by atoms with E-state index in [2.05, 4.69) is 10.3 Å². The molecule has 8 heteroatoms. The maximum Gasteiger partial charge on any atom is 0.408 e. The Morgan fingerprint density at radius 1 is 1.41 bits per heavy atom. The van der Waals surface area contributed by atoms with Gasteiger partial charge in [-0.25, -0.2) is 14.6 Å². The third kappa shape index (κ3) is 5.47. The molecule has 0 aliphatic rings. The fraction of sp³-hybridized carbons (Fsp3) is 0.500. The molecule has 122 valence electrons. The van der Waals surface area contributed by atoms with Crippen LogP contribution in [0.2, 0.25) is 0 Å². The van der Waals surface area contributed by atoms with E-state index in [1.54, 1.807) is 32.9 Å². The van der Waals surface area contributed by atoms with E-state index >= 15 is 0 Å². The summed E-state index contributed by atoms with van der Waals surface area (Å²) in [4.78, 5) is 26.9. The number of aliphatic carboxylic acids is 1. The van der Waals surface area contributed by atoms with Gasteiger partial charge in [-0.15, -0.1) is 0 Å². The zero-order valence-corrected chi connectivity index (χ0v) is 13.0. The minimum absolute atomic E-state index is 0.104. The Labute approximate surface area is 128 Å². The van der Waals surface area contributed by atoms with E-state index in [9.17, 15) is 14.7 Å². The van der Waals surface area contributed by atoms with Gasteiger partial charge >= 0.3 is 12.1 Å². The second-order valence-electron chi connectivity index (χ2n) is 5.68. The van der Waals surface area contributed by atoms with Crippen LogP contribution < -0.4 is 15.8 Å². The highest BCUT2D eigenvalue weighted by molar-refractivity contribution is 5.80. The number of carboxylic acid groups (broad SMARTS) is 1. The first-order chi connectivity index (χ1) is 10.1. The fourth-order valence-electron chi connectivity index (χ4n) is 1.56. The summed E-state index contributed by atoms with van der Waals surface area (Å²) in [7, 11) is 0. The van der Waals surface area contributed by atoms with Crippen LogP contribution in [-0.2, 0) is 9.53 Å². The molecule has 0 saturated heterocycles. The van der Waals surface area contributed by atoms with Crippen molar-refractivity contribution >= 4 is 17.7 Å². The van der Waals surface area contributed by atoms with Gasteiger partial charge in [0.2, 0.25) is 5.88 Å². The first-order valence-electron chi connectivity index (χ1n) is 6.69. The molecule has 0 aliphatic heterocycles. The molecule has 8 nitrogen and oxygen atoms in total. The van der Waals surface area contributed by atoms with Crippen LogP contribution in [0.25, 0.3) is 0 Å². The Morgan fingerprint density at radius 3 is 2.55 bits per heavy atom. The smallest absolute Gasteiger partial charge is 0.408 e. The van der Waals surface area contributed by atoms with Gasteiger partial charge in [0, 0.05) is 6.20 Å². The van der Waals surface area contributed by atoms with Crippen LogP contribution in [0.4, 0.5) is 10.5 Å². The third-order valence-electron chi connectivity index (χ3n) is 2.51. The van der Waals surface area contributed by atoms with Crippen LogP contribution in [0.1, 0.15) is 27.7 Å². The van der Waals surface area contributed by atoms with Gasteiger partial charge in [0.25, 0.3) is 0 Å². The zero-order chi connectivity index (χ0) is 16.9. The molecule has 0 aromatic carbocycles. The van der Waals surface area contributed by atoms with Gasteiger partial charge in [0.15, 0.2) is 6.04 Å². The van der Waals surface area contributed by atoms with E-state index in [1.807, 2.05) is 0 Å². The average molecular weight is 311 g/mol. The number of rotatable bonds is 5. The summed E-state index contributed by atoms with van der Waals surface area (Å²) < 4.78 is 10.4. The number of nitrogen functional groups attached to an aromatic ring is 1. The lowest BCUT2D eigenvalue weighted by molar-refractivity contribution is -0.141. The predicted octanol–water partition coefficient (Wildman–Crippen LogP) is 1.41. The number of ether oxygens (including phenoxy) is 2. The van der Waals surface area contributed by atoms with Crippen LogP contribution >= 0.6 is 0 Å². The number of alkyl carbamates (subject to hydrolysis) is 1. The molecule has 0 saturated carbocycles. The number of hydrogen-bond donors (Lipinski definition) is 3. The Morgan fingerprint density at radius 2 is 2.05 bits per heavy atom. The molecule has 2 unspecified atom stereocenters. The number of pyridine rings is 1. The van der Waals surface area contributed by atoms with Crippen LogP contribution in [0.3, 0.4) is 0 Å².